The van der Waals surface area contributed by atoms with Crippen molar-refractivity contribution < 1.29 is 37.1 Å². The summed E-state index contributed by atoms with van der Waals surface area (Å²) in [7, 11) is -4.61. The summed E-state index contributed by atoms with van der Waals surface area (Å²) >= 11 is 0. The molecule has 3 N–H and O–H groups in total. The summed E-state index contributed by atoms with van der Waals surface area (Å²) in [4.78, 5) is 40.7. The van der Waals surface area contributed by atoms with Crippen LogP contribution in [0.1, 0.15) is 73.0 Å². The van der Waals surface area contributed by atoms with E-state index < -0.39 is 37.5 Å². The van der Waals surface area contributed by atoms with E-state index in [0.717, 1.165) is 49.6 Å². The molecule has 5 aromatic rings. The number of ether oxygens (including phenoxy) is 4. The number of pyridine rings is 1. The zero-order chi connectivity index (χ0) is 45.3. The van der Waals surface area contributed by atoms with E-state index in [0.29, 0.717) is 73.9 Å². The number of likely N-dealkylation sites (tertiary alicyclic amines) is 1. The molecule has 18 heteroatoms. The Morgan fingerprint density at radius 3 is 2.65 bits per heavy atom. The zero-order valence-electron chi connectivity index (χ0n) is 37.0. The molecule has 1 saturated carbocycles. The molecule has 0 unspecified atom stereocenters. The second-order valence-corrected chi connectivity index (χ2v) is 20.7. The van der Waals surface area contributed by atoms with Gasteiger partial charge in [-0.15, -0.1) is 0 Å². The molecule has 1 amide bonds. The number of amides is 1. The Kier molecular flexibility index (Phi) is 10.9. The largest absolute Gasteiger partial charge is 0.468 e. The van der Waals surface area contributed by atoms with Gasteiger partial charge in [-0.1, -0.05) is 38.1 Å². The lowest BCUT2D eigenvalue weighted by Gasteiger charge is -2.62. The van der Waals surface area contributed by atoms with Crippen LogP contribution in [-0.4, -0.2) is 118 Å². The number of nitro groups is 1. The molecule has 4 atom stereocenters. The van der Waals surface area contributed by atoms with Crippen molar-refractivity contribution in [3.05, 3.63) is 106 Å². The van der Waals surface area contributed by atoms with Gasteiger partial charge in [-0.25, -0.2) is 13.1 Å². The predicted octanol–water partition coefficient (Wildman–Crippen LogP) is 6.64. The number of rotatable bonds is 12. The number of aromatic amines is 1. The Morgan fingerprint density at radius 2 is 1.85 bits per heavy atom. The lowest BCUT2D eigenvalue weighted by molar-refractivity contribution is -0.384. The van der Waals surface area contributed by atoms with E-state index >= 15 is 0 Å². The van der Waals surface area contributed by atoms with Crippen LogP contribution < -0.4 is 24.6 Å². The van der Waals surface area contributed by atoms with Crippen LogP contribution in [-0.2, 0) is 24.2 Å². The van der Waals surface area contributed by atoms with Crippen LogP contribution in [0.3, 0.4) is 0 Å². The Bertz CT molecular complexity index is 2800. The van der Waals surface area contributed by atoms with E-state index in [1.54, 1.807) is 12.3 Å². The molecule has 7 heterocycles. The Hall–Kier alpha value is -5.79. The molecule has 5 fully saturated rings. The van der Waals surface area contributed by atoms with Crippen molar-refractivity contribution in [3.63, 3.8) is 0 Å². The minimum absolute atomic E-state index is 0.0955. The van der Waals surface area contributed by atoms with Gasteiger partial charge < -0.3 is 39.0 Å². The third-order valence-electron chi connectivity index (χ3n) is 14.4. The van der Waals surface area contributed by atoms with E-state index in [9.17, 15) is 23.3 Å². The first-order valence-electron chi connectivity index (χ1n) is 23.0. The summed E-state index contributed by atoms with van der Waals surface area (Å²) in [5, 5.41) is 16.0. The molecule has 1 spiro atoms. The number of nitrogens with zero attached hydrogens (tertiary/aromatic N) is 5. The number of nitro benzene ring substituents is 1. The van der Waals surface area contributed by atoms with Crippen molar-refractivity contribution in [1.29, 1.82) is 0 Å². The third kappa shape index (κ3) is 7.71. The zero-order valence-corrected chi connectivity index (χ0v) is 37.8. The van der Waals surface area contributed by atoms with Crippen LogP contribution in [0.2, 0.25) is 0 Å². The molecule has 346 valence electrons. The number of nitrogens with one attached hydrogen (secondary N) is 3. The van der Waals surface area contributed by atoms with Gasteiger partial charge >= 0.3 is 0 Å². The number of anilines is 4. The van der Waals surface area contributed by atoms with E-state index in [1.807, 2.05) is 29.2 Å². The number of aromatic nitrogens is 2. The van der Waals surface area contributed by atoms with Crippen LogP contribution >= 0.6 is 0 Å². The van der Waals surface area contributed by atoms with Gasteiger partial charge in [0.25, 0.3) is 21.6 Å². The number of benzene rings is 3. The molecule has 3 aromatic carbocycles. The number of carbonyl (C=O) groups is 1. The van der Waals surface area contributed by atoms with Gasteiger partial charge in [0.05, 0.1) is 66.2 Å². The molecular weight excluding hydrogens is 865 g/mol. The summed E-state index contributed by atoms with van der Waals surface area (Å²) in [6, 6.07) is 22.4. The van der Waals surface area contributed by atoms with Gasteiger partial charge in [0, 0.05) is 60.5 Å². The summed E-state index contributed by atoms with van der Waals surface area (Å²) in [5.41, 5.74) is 5.50. The van der Waals surface area contributed by atoms with Gasteiger partial charge in [0.1, 0.15) is 23.1 Å². The Balaban J connectivity index is 0.875. The van der Waals surface area contributed by atoms with Crippen molar-refractivity contribution in [1.82, 2.24) is 19.6 Å². The first-order chi connectivity index (χ1) is 31.9. The highest BCUT2D eigenvalue weighted by Gasteiger charge is 2.55. The fraction of sp³-hybridized carbons (Fsp3) is 0.458. The van der Waals surface area contributed by atoms with Gasteiger partial charge in [0.15, 0.2) is 0 Å². The maximum absolute atomic E-state index is 14.5. The summed E-state index contributed by atoms with van der Waals surface area (Å²) in [6.45, 7) is 9.45. The number of H-pyrrole nitrogens is 1. The topological polar surface area (TPSA) is 194 Å². The fourth-order valence-corrected chi connectivity index (χ4v) is 12.2. The minimum atomic E-state index is -4.61. The lowest BCUT2D eigenvalue weighted by Crippen LogP contribution is -2.66. The van der Waals surface area contributed by atoms with E-state index in [4.69, 9.17) is 23.9 Å². The van der Waals surface area contributed by atoms with Gasteiger partial charge in [-0.3, -0.25) is 19.8 Å². The average molecular weight is 919 g/mol. The molecule has 66 heavy (non-hydrogen) atoms. The molecule has 17 nitrogen and oxygen atoms in total. The van der Waals surface area contributed by atoms with E-state index in [1.165, 1.54) is 36.1 Å². The molecule has 1 aliphatic carbocycles. The highest BCUT2D eigenvalue weighted by atomic mass is 32.2. The summed E-state index contributed by atoms with van der Waals surface area (Å²) in [6.07, 6.45) is 5.71. The Morgan fingerprint density at radius 1 is 1.00 bits per heavy atom. The highest BCUT2D eigenvalue weighted by molar-refractivity contribution is 7.90. The van der Waals surface area contributed by atoms with Crippen molar-refractivity contribution in [2.75, 3.05) is 74.3 Å². The van der Waals surface area contributed by atoms with Crippen LogP contribution in [0.4, 0.5) is 28.4 Å². The van der Waals surface area contributed by atoms with Crippen LogP contribution in [0, 0.1) is 15.5 Å². The molecule has 6 aliphatic rings. The molecule has 5 aliphatic heterocycles. The minimum Gasteiger partial charge on any atom is -0.468 e. The highest BCUT2D eigenvalue weighted by Crippen LogP contribution is 2.55. The van der Waals surface area contributed by atoms with Crippen LogP contribution in [0.5, 0.6) is 5.88 Å². The van der Waals surface area contributed by atoms with E-state index in [-0.39, 0.29) is 35.4 Å². The predicted molar refractivity (Wildman–Crippen MR) is 247 cm³/mol. The smallest absolute Gasteiger partial charge is 0.293 e. The standard InChI is InChI=1S/C48H54N8O9S/c1-29(2)35-6-3-4-7-36(35)39-8-5-15-54(39)32-21-48(22-32)27-53(28-48)31-9-11-37(40(19-31)55-42-18-30-13-14-49-45(30)51-47(42)65-44-26-63-25-43(44)55)46(57)52-66(60,61)34-10-12-38(41(20-34)56(58)59)50-23-33-24-62-16-17-64-33/h3-4,6-7,9-14,18-20,29,32-33,39,43-44,50H,5,8,15-17,21-28H2,1-2H3,(H,49,51)(H,52,57)/t33-,39-,43+,44+/m0/s1. The average Bonchev–Trinajstić information content (AvgIpc) is 4.08. The number of hydrogen-bond donors (Lipinski definition) is 3. The van der Waals surface area contributed by atoms with Crippen molar-refractivity contribution in [3.8, 4) is 5.88 Å². The van der Waals surface area contributed by atoms with E-state index in [2.05, 4.69) is 62.9 Å². The van der Waals surface area contributed by atoms with Crippen molar-refractivity contribution in [2.24, 2.45) is 5.41 Å². The molecule has 2 aromatic heterocycles. The number of fused-ring (bicyclic) bond motifs is 3. The first-order valence-corrected chi connectivity index (χ1v) is 24.5. The third-order valence-corrected chi connectivity index (χ3v) is 15.8. The molecule has 0 radical (unpaired) electrons. The normalized spacial score (nSPS) is 23.9. The van der Waals surface area contributed by atoms with Gasteiger partial charge in [0.2, 0.25) is 5.88 Å². The SMILES string of the molecule is CC(C)c1ccccc1[C@@H]1CCCN1C1CC2(C1)CN(c1ccc(C(=O)NS(=O)(=O)c3ccc(NC[C@H]4COCCO4)c([N+](=O)[O-])c3)c(N3c4cc5cc[nH]c5nc4O[C@@H]4COC[C@H]43)c1)C2. The number of sulfonamides is 1. The molecule has 0 bridgehead atoms. The van der Waals surface area contributed by atoms with Gasteiger partial charge in [-0.05, 0) is 91.7 Å². The summed E-state index contributed by atoms with van der Waals surface area (Å²) < 4.78 is 53.7. The second-order valence-electron chi connectivity index (χ2n) is 19.0. The lowest BCUT2D eigenvalue weighted by atomic mass is 9.60. The number of hydrogen-bond acceptors (Lipinski definition) is 14. The quantitative estimate of drug-likeness (QED) is 0.0890. The fourth-order valence-electron chi connectivity index (χ4n) is 11.2. The maximum Gasteiger partial charge on any atom is 0.293 e. The summed E-state index contributed by atoms with van der Waals surface area (Å²) in [5.74, 6) is -0.0551. The van der Waals surface area contributed by atoms with Crippen molar-refractivity contribution >= 4 is 55.4 Å². The maximum atomic E-state index is 14.5. The molecular formula is C48H54N8O9S. The first kappa shape index (κ1) is 42.8. The monoisotopic (exact) mass is 918 g/mol. The second kappa shape index (κ2) is 16.8. The number of carbonyl (C=O) groups excluding carboxylic acids is 1. The molecule has 11 rings (SSSR count). The van der Waals surface area contributed by atoms with Crippen molar-refractivity contribution in [2.45, 2.75) is 80.7 Å². The Labute approximate surface area is 382 Å². The van der Waals surface area contributed by atoms with Gasteiger partial charge in [-0.2, -0.15) is 4.98 Å². The van der Waals surface area contributed by atoms with Crippen LogP contribution in [0.15, 0.2) is 83.9 Å². The molecule has 4 saturated heterocycles. The van der Waals surface area contributed by atoms with Crippen LogP contribution in [0.25, 0.3) is 11.0 Å².